The summed E-state index contributed by atoms with van der Waals surface area (Å²) < 4.78 is 63.2. The van der Waals surface area contributed by atoms with Gasteiger partial charge in [-0.05, 0) is 239 Å². The molecule has 0 heterocycles. The van der Waals surface area contributed by atoms with Gasteiger partial charge in [-0.2, -0.15) is 0 Å². The maximum absolute atomic E-state index is 15.8. The molecule has 12 aromatic carbocycles. The summed E-state index contributed by atoms with van der Waals surface area (Å²) in [6.07, 6.45) is 0. The second kappa shape index (κ2) is 19.5. The first-order valence-electron chi connectivity index (χ1n) is 26.4. The van der Waals surface area contributed by atoms with Crippen LogP contribution >= 0.6 is 0 Å². The molecule has 0 fully saturated rings. The highest BCUT2D eigenvalue weighted by molar-refractivity contribution is 6.28. The first-order chi connectivity index (χ1) is 37.6. The lowest BCUT2D eigenvalue weighted by atomic mass is 9.89. The predicted octanol–water partition coefficient (Wildman–Crippen LogP) is 21.2. The van der Waals surface area contributed by atoms with Gasteiger partial charge in [-0.1, -0.05) is 109 Å². The Morgan fingerprint density at radius 3 is 0.769 bits per heavy atom. The van der Waals surface area contributed by atoms with Gasteiger partial charge in [0.1, 0.15) is 23.3 Å². The van der Waals surface area contributed by atoms with Crippen molar-refractivity contribution in [1.29, 1.82) is 0 Å². The average molecular weight is 1030 g/mol. The Morgan fingerprint density at radius 1 is 0.256 bits per heavy atom. The number of anilines is 6. The molecule has 0 aromatic heterocycles. The number of hydrogen-bond acceptors (Lipinski definition) is 2. The van der Waals surface area contributed by atoms with Crippen molar-refractivity contribution in [3.05, 3.63) is 262 Å². The minimum atomic E-state index is -0.700. The van der Waals surface area contributed by atoms with E-state index >= 15 is 17.6 Å². The zero-order valence-electron chi connectivity index (χ0n) is 44.9. The van der Waals surface area contributed by atoms with Crippen LogP contribution in [0, 0.1) is 78.7 Å². The van der Waals surface area contributed by atoms with E-state index in [4.69, 9.17) is 0 Å². The van der Waals surface area contributed by atoms with Crippen molar-refractivity contribution in [2.45, 2.75) is 55.4 Å². The molecule has 0 amide bonds. The largest absolute Gasteiger partial charge is 0.310 e. The Hall–Kier alpha value is -9.00. The van der Waals surface area contributed by atoms with Crippen LogP contribution in [0.15, 0.2) is 194 Å². The predicted molar refractivity (Wildman–Crippen MR) is 319 cm³/mol. The molecule has 0 saturated heterocycles. The smallest absolute Gasteiger partial charge is 0.128 e. The molecule has 0 aliphatic heterocycles. The van der Waals surface area contributed by atoms with E-state index in [1.807, 2.05) is 21.9 Å². The van der Waals surface area contributed by atoms with Crippen LogP contribution in [0.25, 0.3) is 76.8 Å². The fourth-order valence-corrected chi connectivity index (χ4v) is 12.5. The number of halogens is 4. The Bertz CT molecular complexity index is 3840. The summed E-state index contributed by atoms with van der Waals surface area (Å²) in [5.74, 6) is -2.80. The summed E-state index contributed by atoms with van der Waals surface area (Å²) in [7, 11) is 0. The van der Waals surface area contributed by atoms with E-state index in [-0.39, 0.29) is 0 Å². The number of hydrogen-bond donors (Lipinski definition) is 0. The van der Waals surface area contributed by atoms with Gasteiger partial charge in [0, 0.05) is 34.3 Å². The number of rotatable bonds is 10. The van der Waals surface area contributed by atoms with Crippen LogP contribution in [-0.4, -0.2) is 0 Å². The minimum absolute atomic E-state index is 0.317. The van der Waals surface area contributed by atoms with Crippen LogP contribution in [0.4, 0.5) is 51.7 Å². The van der Waals surface area contributed by atoms with E-state index in [1.54, 1.807) is 0 Å². The monoisotopic (exact) mass is 1020 g/mol. The van der Waals surface area contributed by atoms with Crippen molar-refractivity contribution in [1.82, 2.24) is 0 Å². The maximum Gasteiger partial charge on any atom is 0.128 e. The summed E-state index contributed by atoms with van der Waals surface area (Å²) >= 11 is 0. The highest BCUT2D eigenvalue weighted by Crippen LogP contribution is 2.50. The summed E-state index contributed by atoms with van der Waals surface area (Å²) in [5, 5.41) is 5.45. The van der Waals surface area contributed by atoms with Crippen molar-refractivity contribution in [3.63, 3.8) is 0 Å². The Balaban J connectivity index is 1.15. The number of benzene rings is 12. The molecule has 0 aliphatic rings. The first kappa shape index (κ1) is 49.9. The Kier molecular flexibility index (Phi) is 12.5. The first-order valence-corrected chi connectivity index (χ1v) is 26.4. The third-order valence-electron chi connectivity index (χ3n) is 15.7. The molecule has 0 radical (unpaired) electrons. The second-order valence-electron chi connectivity index (χ2n) is 21.1. The molecule has 6 heteroatoms. The molecule has 12 rings (SSSR count). The van der Waals surface area contributed by atoms with Gasteiger partial charge in [-0.25, -0.2) is 17.6 Å². The van der Waals surface area contributed by atoms with Crippen molar-refractivity contribution in [3.8, 4) is 44.5 Å². The van der Waals surface area contributed by atoms with E-state index in [1.165, 1.54) is 24.3 Å². The van der Waals surface area contributed by atoms with Gasteiger partial charge in [0.2, 0.25) is 0 Å². The second-order valence-corrected chi connectivity index (χ2v) is 21.1. The van der Waals surface area contributed by atoms with E-state index in [2.05, 4.69) is 201 Å². The molecule has 78 heavy (non-hydrogen) atoms. The number of nitrogens with zero attached hydrogens (tertiary/aromatic N) is 2. The highest BCUT2D eigenvalue weighted by Gasteiger charge is 2.26. The van der Waals surface area contributed by atoms with Crippen molar-refractivity contribution in [2.24, 2.45) is 0 Å². The van der Waals surface area contributed by atoms with Gasteiger partial charge in [0.05, 0.1) is 22.7 Å². The van der Waals surface area contributed by atoms with Crippen LogP contribution in [0.2, 0.25) is 0 Å². The third-order valence-corrected chi connectivity index (χ3v) is 15.7. The fourth-order valence-electron chi connectivity index (χ4n) is 12.5. The van der Waals surface area contributed by atoms with Crippen molar-refractivity contribution in [2.75, 3.05) is 9.80 Å². The molecule has 0 unspecified atom stereocenters. The minimum Gasteiger partial charge on any atom is -0.310 e. The maximum atomic E-state index is 15.8. The van der Waals surface area contributed by atoms with Crippen LogP contribution < -0.4 is 9.80 Å². The van der Waals surface area contributed by atoms with Crippen LogP contribution in [-0.2, 0) is 0 Å². The normalized spacial score (nSPS) is 11.6. The fraction of sp³-hybridized carbons (Fsp3) is 0.111. The molecule has 0 spiro atoms. The molecule has 0 saturated carbocycles. The van der Waals surface area contributed by atoms with Gasteiger partial charge in [-0.15, -0.1) is 0 Å². The van der Waals surface area contributed by atoms with Crippen LogP contribution in [0.3, 0.4) is 0 Å². The van der Waals surface area contributed by atoms with E-state index in [0.717, 1.165) is 145 Å². The van der Waals surface area contributed by atoms with E-state index < -0.39 is 23.3 Å². The summed E-state index contributed by atoms with van der Waals surface area (Å²) in [5.41, 5.74) is 20.6. The summed E-state index contributed by atoms with van der Waals surface area (Å²) in [6.45, 7) is 16.9. The molecule has 0 bridgehead atoms. The quantitative estimate of drug-likeness (QED) is 0.0995. The van der Waals surface area contributed by atoms with E-state index in [9.17, 15) is 0 Å². The lowest BCUT2D eigenvalue weighted by molar-refractivity contribution is 0.583. The third kappa shape index (κ3) is 8.71. The SMILES string of the molecule is Cc1cccc(C)c1-c1cc(-c2c(C)cccc2C)cc(N(c2cc(F)cc(F)c2)c2ccc3ccc4c(N(c5cc(F)cc(F)c5)c5cc(-c6c(C)cccc6C)cc(-c6c(C)cccc6C)c5)ccc5ccc2c3c54)c1. The Labute approximate surface area is 453 Å². The van der Waals surface area contributed by atoms with Gasteiger partial charge >= 0.3 is 0 Å². The van der Waals surface area contributed by atoms with Crippen LogP contribution in [0.1, 0.15) is 44.5 Å². The standard InChI is InChI=1S/C72H56F4N2/c1-41-13-9-14-42(2)67(41)51-29-52(68-43(3)15-10-16-44(68)4)32-59(31-51)77(61-37-55(73)35-56(74)38-61)65-27-23-49-22-26-64-66(28-24-50-21-25-63(65)71(49)72(50)64)78(62-39-57(75)36-58(76)40-62)60-33-53(69-45(5)17-11-18-46(69)6)30-54(34-60)70-47(7)19-12-20-48(70)8/h9-40H,1-8H3. The Morgan fingerprint density at radius 2 is 0.500 bits per heavy atom. The molecule has 0 atom stereocenters. The number of aryl methyl sites for hydroxylation is 8. The lowest BCUT2D eigenvalue weighted by Gasteiger charge is -2.30. The summed E-state index contributed by atoms with van der Waals surface area (Å²) in [4.78, 5) is 3.95. The average Bonchev–Trinajstić information content (AvgIpc) is 3.38. The molecular formula is C72H56F4N2. The summed E-state index contributed by atoms with van der Waals surface area (Å²) in [6, 6.07) is 62.0. The van der Waals surface area contributed by atoms with Crippen molar-refractivity contribution < 1.29 is 17.6 Å². The topological polar surface area (TPSA) is 6.48 Å². The lowest BCUT2D eigenvalue weighted by Crippen LogP contribution is -2.13. The molecular weight excluding hydrogens is 969 g/mol. The van der Waals surface area contributed by atoms with Gasteiger partial charge < -0.3 is 9.80 Å². The molecule has 0 aliphatic carbocycles. The molecule has 2 nitrogen and oxygen atoms in total. The highest BCUT2D eigenvalue weighted by atomic mass is 19.1. The van der Waals surface area contributed by atoms with Crippen molar-refractivity contribution >= 4 is 66.4 Å². The molecule has 12 aromatic rings. The van der Waals surface area contributed by atoms with E-state index in [0.29, 0.717) is 22.7 Å². The van der Waals surface area contributed by atoms with Gasteiger partial charge in [0.25, 0.3) is 0 Å². The van der Waals surface area contributed by atoms with Crippen LogP contribution in [0.5, 0.6) is 0 Å². The molecule has 0 N–H and O–H groups in total. The zero-order chi connectivity index (χ0) is 54.3. The molecule has 382 valence electrons. The zero-order valence-corrected chi connectivity index (χ0v) is 44.9. The van der Waals surface area contributed by atoms with Gasteiger partial charge in [0.15, 0.2) is 0 Å². The van der Waals surface area contributed by atoms with Gasteiger partial charge in [-0.3, -0.25) is 0 Å².